The van der Waals surface area contributed by atoms with Crippen LogP contribution in [0.15, 0.2) is 18.2 Å². The Kier molecular flexibility index (Phi) is 3.12. The van der Waals surface area contributed by atoms with Crippen molar-refractivity contribution >= 4 is 0 Å². The van der Waals surface area contributed by atoms with Crippen molar-refractivity contribution in [2.45, 2.75) is 26.4 Å². The first-order valence-corrected chi connectivity index (χ1v) is 6.85. The summed E-state index contributed by atoms with van der Waals surface area (Å²) in [5, 5.41) is 3.48. The van der Waals surface area contributed by atoms with E-state index in [1.54, 1.807) is 12.1 Å². The lowest BCUT2D eigenvalue weighted by molar-refractivity contribution is 0.231. The zero-order valence-corrected chi connectivity index (χ0v) is 11.1. The van der Waals surface area contributed by atoms with Crippen molar-refractivity contribution in [1.82, 2.24) is 10.2 Å². The molecule has 0 saturated carbocycles. The minimum absolute atomic E-state index is 0.133. The predicted octanol–water partition coefficient (Wildman–Crippen LogP) is 2.17. The van der Waals surface area contributed by atoms with Gasteiger partial charge < -0.3 is 5.32 Å². The van der Waals surface area contributed by atoms with Gasteiger partial charge in [-0.3, -0.25) is 4.90 Å². The number of aryl methyl sites for hydroxylation is 1. The number of likely N-dealkylation sites (tertiary alicyclic amines) is 1. The second-order valence-electron chi connectivity index (χ2n) is 5.82. The van der Waals surface area contributed by atoms with E-state index >= 15 is 0 Å². The smallest absolute Gasteiger partial charge is 0.123 e. The van der Waals surface area contributed by atoms with Gasteiger partial charge in [0, 0.05) is 19.1 Å². The van der Waals surface area contributed by atoms with Crippen molar-refractivity contribution in [2.75, 3.05) is 19.6 Å². The number of hydrogen-bond donors (Lipinski definition) is 1. The molecule has 1 N–H and O–H groups in total. The summed E-state index contributed by atoms with van der Waals surface area (Å²) in [5.41, 5.74) is 2.33. The fourth-order valence-electron chi connectivity index (χ4n) is 3.52. The van der Waals surface area contributed by atoms with Crippen molar-refractivity contribution in [2.24, 2.45) is 11.8 Å². The van der Waals surface area contributed by atoms with Gasteiger partial charge in [0.05, 0.1) is 0 Å². The van der Waals surface area contributed by atoms with Gasteiger partial charge in [-0.2, -0.15) is 0 Å². The molecule has 3 unspecified atom stereocenters. The van der Waals surface area contributed by atoms with E-state index in [0.717, 1.165) is 37.0 Å². The second kappa shape index (κ2) is 4.63. The van der Waals surface area contributed by atoms with Gasteiger partial charge in [0.25, 0.3) is 0 Å². The molecule has 98 valence electrons. The van der Waals surface area contributed by atoms with Crippen LogP contribution in [0.3, 0.4) is 0 Å². The summed E-state index contributed by atoms with van der Waals surface area (Å²) in [6, 6.07) is 5.78. The molecule has 0 spiro atoms. The lowest BCUT2D eigenvalue weighted by atomic mass is 9.95. The van der Waals surface area contributed by atoms with E-state index in [0.29, 0.717) is 6.04 Å². The molecule has 0 aliphatic carbocycles. The normalized spacial score (nSPS) is 31.8. The zero-order valence-electron chi connectivity index (χ0n) is 11.1. The van der Waals surface area contributed by atoms with Gasteiger partial charge in [0.1, 0.15) is 5.82 Å². The average Bonchev–Trinajstić information content (AvgIpc) is 2.88. The number of benzene rings is 1. The van der Waals surface area contributed by atoms with E-state index in [4.69, 9.17) is 0 Å². The minimum atomic E-state index is -0.133. The third-order valence-electron chi connectivity index (χ3n) is 4.73. The van der Waals surface area contributed by atoms with Crippen LogP contribution >= 0.6 is 0 Å². The Morgan fingerprint density at radius 3 is 2.94 bits per heavy atom. The first-order valence-electron chi connectivity index (χ1n) is 6.85. The fraction of sp³-hybridized carbons (Fsp3) is 0.600. The van der Waals surface area contributed by atoms with Crippen LogP contribution in [0.1, 0.15) is 18.1 Å². The molecule has 2 aliphatic rings. The lowest BCUT2D eigenvalue weighted by Gasteiger charge is -2.25. The van der Waals surface area contributed by atoms with Crippen molar-refractivity contribution in [1.29, 1.82) is 0 Å². The summed E-state index contributed by atoms with van der Waals surface area (Å²) in [6.45, 7) is 8.78. The Morgan fingerprint density at radius 2 is 2.22 bits per heavy atom. The molecule has 0 amide bonds. The van der Waals surface area contributed by atoms with Crippen LogP contribution in [0.2, 0.25) is 0 Å². The Morgan fingerprint density at radius 1 is 1.39 bits per heavy atom. The summed E-state index contributed by atoms with van der Waals surface area (Å²) in [7, 11) is 0. The maximum atomic E-state index is 13.1. The molecular formula is C15H21FN2. The maximum absolute atomic E-state index is 13.1. The summed E-state index contributed by atoms with van der Waals surface area (Å²) in [6.07, 6.45) is 0. The van der Waals surface area contributed by atoms with Crippen molar-refractivity contribution in [3.63, 3.8) is 0 Å². The Bertz CT molecular complexity index is 446. The van der Waals surface area contributed by atoms with Gasteiger partial charge in [-0.15, -0.1) is 0 Å². The quantitative estimate of drug-likeness (QED) is 0.863. The second-order valence-corrected chi connectivity index (χ2v) is 5.82. The third kappa shape index (κ3) is 2.06. The molecule has 1 aromatic rings. The van der Waals surface area contributed by atoms with Crippen molar-refractivity contribution < 1.29 is 4.39 Å². The molecule has 18 heavy (non-hydrogen) atoms. The van der Waals surface area contributed by atoms with E-state index in [1.165, 1.54) is 12.1 Å². The zero-order chi connectivity index (χ0) is 12.7. The molecule has 3 atom stereocenters. The summed E-state index contributed by atoms with van der Waals surface area (Å²) in [5.74, 6) is 1.47. The van der Waals surface area contributed by atoms with Crippen molar-refractivity contribution in [3.8, 4) is 0 Å². The molecule has 0 bridgehead atoms. The number of rotatable bonds is 2. The third-order valence-corrected chi connectivity index (χ3v) is 4.73. The highest BCUT2D eigenvalue weighted by Gasteiger charge is 2.41. The SMILES string of the molecule is Cc1cc(F)ccc1CN1CC2CNCC2C1C. The first-order chi connectivity index (χ1) is 8.65. The molecule has 3 heteroatoms. The summed E-state index contributed by atoms with van der Waals surface area (Å²) >= 11 is 0. The number of nitrogens with zero attached hydrogens (tertiary/aromatic N) is 1. The van der Waals surface area contributed by atoms with Crippen LogP contribution in [-0.4, -0.2) is 30.6 Å². The van der Waals surface area contributed by atoms with Gasteiger partial charge in [-0.05, 0) is 62.0 Å². The van der Waals surface area contributed by atoms with Gasteiger partial charge in [0.15, 0.2) is 0 Å². The summed E-state index contributed by atoms with van der Waals surface area (Å²) in [4.78, 5) is 2.55. The van der Waals surface area contributed by atoms with Gasteiger partial charge in [0.2, 0.25) is 0 Å². The molecule has 2 nitrogen and oxygen atoms in total. The number of fused-ring (bicyclic) bond motifs is 1. The van der Waals surface area contributed by atoms with Gasteiger partial charge in [-0.25, -0.2) is 4.39 Å². The van der Waals surface area contributed by atoms with E-state index < -0.39 is 0 Å². The predicted molar refractivity (Wildman–Crippen MR) is 70.9 cm³/mol. The highest BCUT2D eigenvalue weighted by Crippen LogP contribution is 2.33. The number of halogens is 1. The lowest BCUT2D eigenvalue weighted by Crippen LogP contribution is -2.32. The topological polar surface area (TPSA) is 15.3 Å². The number of hydrogen-bond acceptors (Lipinski definition) is 2. The van der Waals surface area contributed by atoms with Crippen LogP contribution in [0.25, 0.3) is 0 Å². The van der Waals surface area contributed by atoms with Crippen LogP contribution < -0.4 is 5.32 Å². The molecule has 2 heterocycles. The first kappa shape index (κ1) is 12.1. The molecule has 0 aromatic heterocycles. The molecule has 0 radical (unpaired) electrons. The average molecular weight is 248 g/mol. The van der Waals surface area contributed by atoms with E-state index in [9.17, 15) is 4.39 Å². The monoisotopic (exact) mass is 248 g/mol. The Labute approximate surface area is 108 Å². The Hall–Kier alpha value is -0.930. The van der Waals surface area contributed by atoms with E-state index in [-0.39, 0.29) is 5.82 Å². The molecule has 3 rings (SSSR count). The molecule has 1 aromatic carbocycles. The van der Waals surface area contributed by atoms with Gasteiger partial charge in [-0.1, -0.05) is 6.07 Å². The van der Waals surface area contributed by atoms with Crippen LogP contribution in [0.5, 0.6) is 0 Å². The number of nitrogens with one attached hydrogen (secondary N) is 1. The Balaban J connectivity index is 1.73. The molecule has 2 aliphatic heterocycles. The van der Waals surface area contributed by atoms with Crippen LogP contribution in [-0.2, 0) is 6.54 Å². The molecular weight excluding hydrogens is 227 g/mol. The highest BCUT2D eigenvalue weighted by atomic mass is 19.1. The standard InChI is InChI=1S/C15H21FN2/c1-10-5-14(16)4-3-12(10)8-18-9-13-6-17-7-15(13)11(18)2/h3-5,11,13,15,17H,6-9H2,1-2H3. The van der Waals surface area contributed by atoms with Crippen molar-refractivity contribution in [3.05, 3.63) is 35.1 Å². The van der Waals surface area contributed by atoms with E-state index in [1.807, 2.05) is 13.0 Å². The molecule has 2 saturated heterocycles. The summed E-state index contributed by atoms with van der Waals surface area (Å²) < 4.78 is 13.1. The van der Waals surface area contributed by atoms with Crippen LogP contribution in [0, 0.1) is 24.6 Å². The maximum Gasteiger partial charge on any atom is 0.123 e. The fourth-order valence-corrected chi connectivity index (χ4v) is 3.52. The van der Waals surface area contributed by atoms with Gasteiger partial charge >= 0.3 is 0 Å². The highest BCUT2D eigenvalue weighted by molar-refractivity contribution is 5.26. The van der Waals surface area contributed by atoms with E-state index in [2.05, 4.69) is 17.1 Å². The largest absolute Gasteiger partial charge is 0.316 e. The minimum Gasteiger partial charge on any atom is -0.316 e. The molecule has 2 fully saturated rings. The van der Waals surface area contributed by atoms with Crippen LogP contribution in [0.4, 0.5) is 4.39 Å².